The van der Waals surface area contributed by atoms with Gasteiger partial charge in [0.15, 0.2) is 12.4 Å². The van der Waals surface area contributed by atoms with E-state index in [4.69, 9.17) is 25.1 Å². The number of esters is 3. The van der Waals surface area contributed by atoms with Crippen molar-refractivity contribution in [1.82, 2.24) is 0 Å². The number of ether oxygens (including phenoxy) is 5. The second kappa shape index (κ2) is 7.94. The maximum absolute atomic E-state index is 11.3. The smallest absolute Gasteiger partial charge is 0.303 e. The Kier molecular flexibility index (Phi) is 5.94. The lowest BCUT2D eigenvalue weighted by Gasteiger charge is -2.39. The zero-order valence-electron chi connectivity index (χ0n) is 13.4. The number of carbonyl (C=O) groups excluding carboxylic acids is 3. The minimum Gasteiger partial charge on any atom is -0.463 e. The topological polar surface area (TPSA) is 97.4 Å². The lowest BCUT2D eigenvalue weighted by Crippen LogP contribution is -2.54. The van der Waals surface area contributed by atoms with Gasteiger partial charge in [0, 0.05) is 35.6 Å². The summed E-state index contributed by atoms with van der Waals surface area (Å²) >= 11 is 0. The highest BCUT2D eigenvalue weighted by molar-refractivity contribution is 5.67. The minimum atomic E-state index is -1.12. The minimum absolute atomic E-state index is 0.225. The van der Waals surface area contributed by atoms with Crippen molar-refractivity contribution in [2.75, 3.05) is 13.7 Å². The van der Waals surface area contributed by atoms with Gasteiger partial charge in [-0.2, -0.15) is 0 Å². The molecule has 1 saturated heterocycles. The van der Waals surface area contributed by atoms with Gasteiger partial charge >= 0.3 is 17.9 Å². The molecule has 1 aliphatic heterocycles. The third kappa shape index (κ3) is 5.68. The van der Waals surface area contributed by atoms with E-state index in [-0.39, 0.29) is 6.61 Å². The van der Waals surface area contributed by atoms with Crippen molar-refractivity contribution in [1.29, 1.82) is 0 Å². The summed E-state index contributed by atoms with van der Waals surface area (Å²) in [5.74, 6) is -1.82. The van der Waals surface area contributed by atoms with Crippen LogP contribution in [-0.4, -0.2) is 56.2 Å². The van der Waals surface area contributed by atoms with E-state index in [0.717, 1.165) is 0 Å². The summed E-state index contributed by atoms with van der Waals surface area (Å²) in [7, 11) is 1.33. The Morgan fingerprint density at radius 3 is 2.24 bits per heavy atom. The molecule has 120 valence electrons. The Morgan fingerprint density at radius 1 is 1.14 bits per heavy atom. The van der Waals surface area contributed by atoms with E-state index in [1.54, 1.807) is 0 Å². The quantitative estimate of drug-likeness (QED) is 0.524. The first-order chi connectivity index (χ1) is 10.3. The van der Waals surface area contributed by atoms with Crippen LogP contribution in [-0.2, 0) is 38.1 Å². The molecular formula is C13H20O8. The number of carbonyl (C=O) groups is 3. The summed E-state index contributed by atoms with van der Waals surface area (Å²) in [5.41, 5.74) is 0. The molecule has 0 bridgehead atoms. The molecule has 1 fully saturated rings. The fourth-order valence-electron chi connectivity index (χ4n) is 1.87. The molecule has 0 aromatic rings. The van der Waals surface area contributed by atoms with E-state index in [2.05, 4.69) is 0 Å². The van der Waals surface area contributed by atoms with Gasteiger partial charge in [0.05, 0.1) is 0 Å². The fraction of sp³-hybridized carbons (Fsp3) is 0.769. The molecule has 0 aromatic heterocycles. The molecule has 0 unspecified atom stereocenters. The first-order valence-corrected chi connectivity index (χ1v) is 6.34. The van der Waals surface area contributed by atoms with Crippen LogP contribution in [0.25, 0.3) is 0 Å². The number of hydrogen-bond acceptors (Lipinski definition) is 8. The van der Waals surface area contributed by atoms with Gasteiger partial charge < -0.3 is 23.7 Å². The van der Waals surface area contributed by atoms with E-state index in [1.165, 1.54) is 27.9 Å². The highest BCUT2D eigenvalue weighted by atomic mass is 16.7. The molecule has 1 rings (SSSR count). The Labute approximate surface area is 124 Å². The standard InChI is InChI=1S/C13H20O8/c1-7(14)18-6-11-13(20-9(3)16)10(19-8(2)15)5-12(17-4)21-11/h10-13H,5-6H2,1-4H3/t10-,11-,12-,13-/m1/s1/i5D/t5-,10-,11-,12-,13-. The largest absolute Gasteiger partial charge is 0.463 e. The highest BCUT2D eigenvalue weighted by Crippen LogP contribution is 2.26. The van der Waals surface area contributed by atoms with Crippen LogP contribution in [0.15, 0.2) is 0 Å². The number of hydrogen-bond donors (Lipinski definition) is 0. The Bertz CT molecular complexity index is 426. The predicted molar refractivity (Wildman–Crippen MR) is 68.0 cm³/mol. The van der Waals surface area contributed by atoms with Crippen molar-refractivity contribution in [3.05, 3.63) is 0 Å². The third-order valence-corrected chi connectivity index (χ3v) is 2.63. The first-order valence-electron chi connectivity index (χ1n) is 6.92. The van der Waals surface area contributed by atoms with Crippen LogP contribution in [0.2, 0.25) is 0 Å². The molecule has 0 radical (unpaired) electrons. The number of methoxy groups -OCH3 is 1. The van der Waals surface area contributed by atoms with E-state index in [1.807, 2.05) is 0 Å². The van der Waals surface area contributed by atoms with Crippen LogP contribution < -0.4 is 0 Å². The maximum atomic E-state index is 11.3. The van der Waals surface area contributed by atoms with Crippen molar-refractivity contribution in [3.8, 4) is 0 Å². The zero-order valence-corrected chi connectivity index (χ0v) is 12.4. The van der Waals surface area contributed by atoms with E-state index in [9.17, 15) is 14.4 Å². The van der Waals surface area contributed by atoms with Crippen molar-refractivity contribution < 1.29 is 39.4 Å². The van der Waals surface area contributed by atoms with Gasteiger partial charge in [0.1, 0.15) is 18.8 Å². The van der Waals surface area contributed by atoms with Crippen LogP contribution in [0.5, 0.6) is 0 Å². The van der Waals surface area contributed by atoms with Gasteiger partial charge in [0.25, 0.3) is 0 Å². The molecule has 21 heavy (non-hydrogen) atoms. The van der Waals surface area contributed by atoms with Crippen LogP contribution in [0, 0.1) is 0 Å². The van der Waals surface area contributed by atoms with Gasteiger partial charge in [0.2, 0.25) is 0 Å². The van der Waals surface area contributed by atoms with E-state index < -0.39 is 48.9 Å². The molecule has 0 saturated carbocycles. The molecule has 1 aliphatic rings. The molecule has 0 N–H and O–H groups in total. The molecule has 1 heterocycles. The normalized spacial score (nSPS) is 32.8. The van der Waals surface area contributed by atoms with Gasteiger partial charge in [-0.05, 0) is 0 Å². The number of rotatable bonds is 5. The summed E-state index contributed by atoms with van der Waals surface area (Å²) in [6.45, 7) is 3.34. The summed E-state index contributed by atoms with van der Waals surface area (Å²) < 4.78 is 33.6. The first kappa shape index (κ1) is 15.7. The van der Waals surface area contributed by atoms with Gasteiger partial charge in [-0.15, -0.1) is 0 Å². The average Bonchev–Trinajstić information content (AvgIpc) is 2.41. The fourth-order valence-corrected chi connectivity index (χ4v) is 1.87. The molecular weight excluding hydrogens is 284 g/mol. The molecule has 0 aromatic carbocycles. The molecule has 8 heteroatoms. The molecule has 8 nitrogen and oxygen atoms in total. The molecule has 0 amide bonds. The maximum Gasteiger partial charge on any atom is 0.303 e. The molecule has 5 atom stereocenters. The molecule has 0 aliphatic carbocycles. The third-order valence-electron chi connectivity index (χ3n) is 2.63. The van der Waals surface area contributed by atoms with Gasteiger partial charge in [-0.25, -0.2) is 0 Å². The Morgan fingerprint density at radius 2 is 1.76 bits per heavy atom. The van der Waals surface area contributed by atoms with Crippen molar-refractivity contribution >= 4 is 17.9 Å². The van der Waals surface area contributed by atoms with Gasteiger partial charge in [-0.1, -0.05) is 0 Å². The summed E-state index contributed by atoms with van der Waals surface area (Å²) in [6, 6.07) is 0. The monoisotopic (exact) mass is 305 g/mol. The van der Waals surface area contributed by atoms with Crippen molar-refractivity contribution in [3.63, 3.8) is 0 Å². The van der Waals surface area contributed by atoms with Crippen molar-refractivity contribution in [2.24, 2.45) is 0 Å². The predicted octanol–water partition coefficient (Wildman–Crippen LogP) is 0.174. The Hall–Kier alpha value is -1.67. The lowest BCUT2D eigenvalue weighted by atomic mass is 10.0. The van der Waals surface area contributed by atoms with Crippen molar-refractivity contribution in [2.45, 2.75) is 51.8 Å². The second-order valence-corrected chi connectivity index (χ2v) is 4.42. The van der Waals surface area contributed by atoms with Crippen LogP contribution >= 0.6 is 0 Å². The second-order valence-electron chi connectivity index (χ2n) is 4.42. The van der Waals surface area contributed by atoms with Crippen LogP contribution in [0.1, 0.15) is 28.5 Å². The summed E-state index contributed by atoms with van der Waals surface area (Å²) in [4.78, 5) is 33.5. The summed E-state index contributed by atoms with van der Waals surface area (Å²) in [5, 5.41) is 0. The highest BCUT2D eigenvalue weighted by Gasteiger charge is 2.43. The van der Waals surface area contributed by atoms with Gasteiger partial charge in [-0.3, -0.25) is 14.4 Å². The lowest BCUT2D eigenvalue weighted by molar-refractivity contribution is -0.259. The SMILES string of the molecule is [2H][C@H]1[C@H](OC)O[C@H](COC(C)=O)[C@H](OC(C)=O)[C@@H]1OC(C)=O. The van der Waals surface area contributed by atoms with Crippen LogP contribution in [0.3, 0.4) is 0 Å². The average molecular weight is 305 g/mol. The van der Waals surface area contributed by atoms with Crippen LogP contribution in [0.4, 0.5) is 0 Å². The summed E-state index contributed by atoms with van der Waals surface area (Å²) in [6.07, 6.45) is -5.22. The Balaban J connectivity index is 3.00. The van der Waals surface area contributed by atoms with E-state index in [0.29, 0.717) is 0 Å². The zero-order chi connectivity index (χ0) is 16.9. The van der Waals surface area contributed by atoms with E-state index >= 15 is 0 Å². The molecule has 0 spiro atoms.